The molecule has 0 radical (unpaired) electrons. The van der Waals surface area contributed by atoms with E-state index in [1.165, 1.54) is 0 Å². The summed E-state index contributed by atoms with van der Waals surface area (Å²) in [4.78, 5) is 15.4. The minimum atomic E-state index is 0.0907. The Kier molecular flexibility index (Phi) is 2.82. The van der Waals surface area contributed by atoms with Gasteiger partial charge in [-0.15, -0.1) is 0 Å². The lowest BCUT2D eigenvalue weighted by Crippen LogP contribution is -1.91. The number of Topliss-reactive ketones (excluding diaryl/α,β-unsaturated/α-hetero) is 1. The highest BCUT2D eigenvalue weighted by atomic mass is 16.1. The van der Waals surface area contributed by atoms with Crippen LogP contribution in [0.3, 0.4) is 0 Å². The Labute approximate surface area is 94.6 Å². The Morgan fingerprint density at radius 1 is 1.19 bits per heavy atom. The molecule has 0 aliphatic rings. The fourth-order valence-electron chi connectivity index (χ4n) is 1.59. The van der Waals surface area contributed by atoms with Gasteiger partial charge in [-0.25, -0.2) is 0 Å². The van der Waals surface area contributed by atoms with Crippen LogP contribution in [0.5, 0.6) is 0 Å². The summed E-state index contributed by atoms with van der Waals surface area (Å²) in [6.45, 7) is 3.40. The van der Waals surface area contributed by atoms with Gasteiger partial charge in [-0.3, -0.25) is 9.78 Å². The van der Waals surface area contributed by atoms with Gasteiger partial charge in [0.1, 0.15) is 0 Å². The van der Waals surface area contributed by atoms with Gasteiger partial charge in [0.05, 0.1) is 0 Å². The van der Waals surface area contributed by atoms with Crippen molar-refractivity contribution in [2.24, 2.45) is 0 Å². The zero-order valence-electron chi connectivity index (χ0n) is 9.40. The van der Waals surface area contributed by atoms with Gasteiger partial charge in [0.25, 0.3) is 0 Å². The first-order valence-electron chi connectivity index (χ1n) is 5.20. The van der Waals surface area contributed by atoms with E-state index in [0.717, 1.165) is 21.9 Å². The van der Waals surface area contributed by atoms with E-state index in [-0.39, 0.29) is 5.78 Å². The molecule has 80 valence electrons. The van der Waals surface area contributed by atoms with Gasteiger partial charge < -0.3 is 0 Å². The third kappa shape index (κ3) is 2.01. The van der Waals surface area contributed by atoms with Crippen molar-refractivity contribution in [1.29, 1.82) is 0 Å². The van der Waals surface area contributed by atoms with E-state index in [1.54, 1.807) is 13.1 Å². The molecule has 1 aromatic carbocycles. The number of ketones is 1. The summed E-state index contributed by atoms with van der Waals surface area (Å²) in [6.07, 6.45) is 5.50. The molecule has 1 aromatic heterocycles. The standard InChI is InChI=1S/C14H13NO/c1-10(11(2)16)7-13-9-15-8-12-5-3-4-6-14(12)13/h3-9H,1-2H3/b10-7+. The van der Waals surface area contributed by atoms with Crippen LogP contribution in [-0.4, -0.2) is 10.8 Å². The molecule has 0 bridgehead atoms. The first-order valence-corrected chi connectivity index (χ1v) is 5.20. The molecule has 0 atom stereocenters. The maximum absolute atomic E-state index is 11.2. The largest absolute Gasteiger partial charge is 0.295 e. The maximum Gasteiger partial charge on any atom is 0.155 e. The van der Waals surface area contributed by atoms with Crippen molar-refractivity contribution >= 4 is 22.6 Å². The summed E-state index contributed by atoms with van der Waals surface area (Å²) < 4.78 is 0. The maximum atomic E-state index is 11.2. The van der Waals surface area contributed by atoms with Crippen LogP contribution in [0.4, 0.5) is 0 Å². The monoisotopic (exact) mass is 211 g/mol. The molecule has 0 amide bonds. The average molecular weight is 211 g/mol. The normalized spacial score (nSPS) is 11.8. The fraction of sp³-hybridized carbons (Fsp3) is 0.143. The smallest absolute Gasteiger partial charge is 0.155 e. The molecule has 2 nitrogen and oxygen atoms in total. The highest BCUT2D eigenvalue weighted by molar-refractivity contribution is 6.00. The molecule has 0 saturated carbocycles. The number of allylic oxidation sites excluding steroid dienone is 1. The number of carbonyl (C=O) groups excluding carboxylic acids is 1. The number of fused-ring (bicyclic) bond motifs is 1. The third-order valence-electron chi connectivity index (χ3n) is 2.63. The second-order valence-corrected chi connectivity index (χ2v) is 3.83. The van der Waals surface area contributed by atoms with Crippen LogP contribution in [0.25, 0.3) is 16.8 Å². The molecule has 2 rings (SSSR count). The number of benzene rings is 1. The number of hydrogen-bond donors (Lipinski definition) is 0. The Hall–Kier alpha value is -1.96. The van der Waals surface area contributed by atoms with Crippen LogP contribution >= 0.6 is 0 Å². The fourth-order valence-corrected chi connectivity index (χ4v) is 1.59. The quantitative estimate of drug-likeness (QED) is 0.714. The van der Waals surface area contributed by atoms with Crippen LogP contribution in [0.2, 0.25) is 0 Å². The molecule has 0 saturated heterocycles. The van der Waals surface area contributed by atoms with E-state index in [2.05, 4.69) is 4.98 Å². The summed E-state index contributed by atoms with van der Waals surface area (Å²) in [7, 11) is 0. The molecule has 0 aliphatic carbocycles. The highest BCUT2D eigenvalue weighted by Crippen LogP contribution is 2.19. The number of carbonyl (C=O) groups is 1. The molecule has 16 heavy (non-hydrogen) atoms. The van der Waals surface area contributed by atoms with Gasteiger partial charge >= 0.3 is 0 Å². The molecule has 0 spiro atoms. The zero-order chi connectivity index (χ0) is 11.5. The lowest BCUT2D eigenvalue weighted by Gasteiger charge is -2.02. The van der Waals surface area contributed by atoms with E-state index in [4.69, 9.17) is 0 Å². The Morgan fingerprint density at radius 2 is 1.94 bits per heavy atom. The van der Waals surface area contributed by atoms with E-state index < -0.39 is 0 Å². The summed E-state index contributed by atoms with van der Waals surface area (Å²) >= 11 is 0. The first-order chi connectivity index (χ1) is 7.68. The lowest BCUT2D eigenvalue weighted by atomic mass is 10.0. The number of nitrogens with zero attached hydrogens (tertiary/aromatic N) is 1. The number of rotatable bonds is 2. The number of hydrogen-bond acceptors (Lipinski definition) is 2. The van der Waals surface area contributed by atoms with E-state index in [9.17, 15) is 4.79 Å². The van der Waals surface area contributed by atoms with Crippen LogP contribution in [-0.2, 0) is 4.79 Å². The van der Waals surface area contributed by atoms with Crippen molar-refractivity contribution in [1.82, 2.24) is 4.98 Å². The minimum absolute atomic E-state index is 0.0907. The molecular weight excluding hydrogens is 198 g/mol. The van der Waals surface area contributed by atoms with Gasteiger partial charge in [0.2, 0.25) is 0 Å². The van der Waals surface area contributed by atoms with Crippen molar-refractivity contribution in [2.75, 3.05) is 0 Å². The molecule has 2 heteroatoms. The van der Waals surface area contributed by atoms with E-state index in [1.807, 2.05) is 43.5 Å². The number of pyridine rings is 1. The van der Waals surface area contributed by atoms with Crippen molar-refractivity contribution in [3.05, 3.63) is 47.8 Å². The Balaban J connectivity index is 2.61. The second kappa shape index (κ2) is 4.27. The van der Waals surface area contributed by atoms with Crippen molar-refractivity contribution in [3.8, 4) is 0 Å². The highest BCUT2D eigenvalue weighted by Gasteiger charge is 2.01. The Morgan fingerprint density at radius 3 is 2.69 bits per heavy atom. The SMILES string of the molecule is CC(=O)/C(C)=C/c1cncc2ccccc12. The average Bonchev–Trinajstić information content (AvgIpc) is 2.29. The van der Waals surface area contributed by atoms with Crippen LogP contribution in [0.15, 0.2) is 42.2 Å². The lowest BCUT2D eigenvalue weighted by molar-refractivity contribution is -0.113. The van der Waals surface area contributed by atoms with Crippen LogP contribution in [0, 0.1) is 0 Å². The van der Waals surface area contributed by atoms with Crippen molar-refractivity contribution in [3.63, 3.8) is 0 Å². The molecular formula is C14H13NO. The molecule has 0 N–H and O–H groups in total. The van der Waals surface area contributed by atoms with Gasteiger partial charge in [0, 0.05) is 23.3 Å². The molecule has 0 aliphatic heterocycles. The van der Waals surface area contributed by atoms with Gasteiger partial charge in [-0.05, 0) is 30.9 Å². The van der Waals surface area contributed by atoms with Crippen molar-refractivity contribution < 1.29 is 4.79 Å². The first kappa shape index (κ1) is 10.6. The summed E-state index contributed by atoms with van der Waals surface area (Å²) in [5.74, 6) is 0.0907. The second-order valence-electron chi connectivity index (χ2n) is 3.83. The molecule has 1 heterocycles. The Bertz CT molecular complexity index is 564. The zero-order valence-corrected chi connectivity index (χ0v) is 9.40. The van der Waals surface area contributed by atoms with Crippen molar-refractivity contribution in [2.45, 2.75) is 13.8 Å². The van der Waals surface area contributed by atoms with E-state index in [0.29, 0.717) is 0 Å². The molecule has 0 fully saturated rings. The summed E-state index contributed by atoms with van der Waals surface area (Å²) in [6, 6.07) is 8.02. The summed E-state index contributed by atoms with van der Waals surface area (Å²) in [5.41, 5.74) is 1.74. The van der Waals surface area contributed by atoms with Crippen LogP contribution < -0.4 is 0 Å². The predicted octanol–water partition coefficient (Wildman–Crippen LogP) is 3.23. The summed E-state index contributed by atoms with van der Waals surface area (Å²) in [5, 5.41) is 2.21. The van der Waals surface area contributed by atoms with E-state index >= 15 is 0 Å². The van der Waals surface area contributed by atoms with Crippen LogP contribution in [0.1, 0.15) is 19.4 Å². The number of aromatic nitrogens is 1. The minimum Gasteiger partial charge on any atom is -0.295 e. The topological polar surface area (TPSA) is 30.0 Å². The third-order valence-corrected chi connectivity index (χ3v) is 2.63. The molecule has 2 aromatic rings. The van der Waals surface area contributed by atoms with Gasteiger partial charge in [0.15, 0.2) is 5.78 Å². The van der Waals surface area contributed by atoms with Gasteiger partial charge in [-0.1, -0.05) is 24.3 Å². The van der Waals surface area contributed by atoms with Gasteiger partial charge in [-0.2, -0.15) is 0 Å². The molecule has 0 unspecified atom stereocenters. The predicted molar refractivity (Wildman–Crippen MR) is 66.1 cm³/mol.